The molecule has 21 heavy (non-hydrogen) atoms. The molecule has 2 bridgehead atoms. The Kier molecular flexibility index (Phi) is 2.86. The molecule has 0 saturated carbocycles. The van der Waals surface area contributed by atoms with Crippen LogP contribution < -0.4 is 5.32 Å². The van der Waals surface area contributed by atoms with E-state index in [1.165, 1.54) is 23.1 Å². The van der Waals surface area contributed by atoms with Crippen molar-refractivity contribution >= 4 is 0 Å². The second kappa shape index (κ2) is 4.63. The van der Waals surface area contributed by atoms with Crippen LogP contribution in [0.15, 0.2) is 36.9 Å². The van der Waals surface area contributed by atoms with Crippen molar-refractivity contribution in [1.82, 2.24) is 15.3 Å². The third-order valence-corrected chi connectivity index (χ3v) is 5.72. The molecule has 2 aliphatic rings. The number of rotatable bonds is 1. The molecule has 1 aromatic heterocycles. The van der Waals surface area contributed by atoms with Gasteiger partial charge in [-0.1, -0.05) is 32.0 Å². The van der Waals surface area contributed by atoms with Gasteiger partial charge in [0, 0.05) is 24.0 Å². The number of nitrogens with zero attached hydrogens (tertiary/aromatic N) is 2. The highest BCUT2D eigenvalue weighted by Gasteiger charge is 2.45. The minimum atomic E-state index is 0.287. The lowest BCUT2D eigenvalue weighted by Gasteiger charge is -2.50. The number of piperidine rings is 1. The van der Waals surface area contributed by atoms with Gasteiger partial charge >= 0.3 is 0 Å². The highest BCUT2D eigenvalue weighted by atomic mass is 14.9. The van der Waals surface area contributed by atoms with Crippen LogP contribution in [-0.4, -0.2) is 22.6 Å². The Morgan fingerprint density at radius 1 is 1.19 bits per heavy atom. The maximum atomic E-state index is 4.15. The zero-order chi connectivity index (χ0) is 14.4. The van der Waals surface area contributed by atoms with Gasteiger partial charge in [0.15, 0.2) is 0 Å². The van der Waals surface area contributed by atoms with Crippen molar-refractivity contribution in [2.24, 2.45) is 5.92 Å². The van der Waals surface area contributed by atoms with E-state index in [1.54, 1.807) is 6.33 Å². The molecular weight excluding hydrogens is 258 g/mol. The molecule has 1 aliphatic carbocycles. The van der Waals surface area contributed by atoms with Crippen LogP contribution in [0.1, 0.15) is 31.4 Å². The SMILES string of the molecule is C[C@@H]1[C@H]2Cc3ccc(-c4cncnc4)cc3[C@]1(C)CCN2. The van der Waals surface area contributed by atoms with Gasteiger partial charge in [-0.15, -0.1) is 0 Å². The lowest BCUT2D eigenvalue weighted by atomic mass is 9.59. The predicted octanol–water partition coefficient (Wildman–Crippen LogP) is 2.96. The minimum Gasteiger partial charge on any atom is -0.313 e. The van der Waals surface area contributed by atoms with Crippen molar-refractivity contribution in [3.8, 4) is 11.1 Å². The van der Waals surface area contributed by atoms with Gasteiger partial charge in [-0.25, -0.2) is 9.97 Å². The number of benzene rings is 1. The van der Waals surface area contributed by atoms with Gasteiger partial charge in [0.25, 0.3) is 0 Å². The molecule has 2 aromatic rings. The molecule has 3 nitrogen and oxygen atoms in total. The highest BCUT2D eigenvalue weighted by molar-refractivity contribution is 5.64. The Hall–Kier alpha value is -1.74. The van der Waals surface area contributed by atoms with Crippen LogP contribution in [0.25, 0.3) is 11.1 Å². The third-order valence-electron chi connectivity index (χ3n) is 5.72. The third kappa shape index (κ3) is 1.91. The summed E-state index contributed by atoms with van der Waals surface area (Å²) in [6, 6.07) is 7.53. The fourth-order valence-electron chi connectivity index (χ4n) is 4.15. The quantitative estimate of drug-likeness (QED) is 0.872. The Morgan fingerprint density at radius 3 is 2.81 bits per heavy atom. The largest absolute Gasteiger partial charge is 0.313 e. The summed E-state index contributed by atoms with van der Waals surface area (Å²) in [7, 11) is 0. The molecule has 1 fully saturated rings. The van der Waals surface area contributed by atoms with E-state index >= 15 is 0 Å². The van der Waals surface area contributed by atoms with Crippen LogP contribution in [0.5, 0.6) is 0 Å². The zero-order valence-corrected chi connectivity index (χ0v) is 12.6. The van der Waals surface area contributed by atoms with Crippen molar-refractivity contribution < 1.29 is 0 Å². The van der Waals surface area contributed by atoms with Gasteiger partial charge in [0.05, 0.1) is 0 Å². The van der Waals surface area contributed by atoms with E-state index in [4.69, 9.17) is 0 Å². The normalized spacial score (nSPS) is 30.8. The van der Waals surface area contributed by atoms with E-state index in [2.05, 4.69) is 47.3 Å². The van der Waals surface area contributed by atoms with E-state index in [0.717, 1.165) is 18.5 Å². The Labute approximate surface area is 125 Å². The molecule has 1 N–H and O–H groups in total. The standard InChI is InChI=1S/C18H21N3/c1-12-17-8-14-4-3-13(15-9-19-11-20-10-15)7-16(14)18(12,2)5-6-21-17/h3-4,7,9-12,17,21H,5-6,8H2,1-2H3/t12-,17-,18-/m1/s1. The van der Waals surface area contributed by atoms with Gasteiger partial charge in [-0.05, 0) is 47.4 Å². The van der Waals surface area contributed by atoms with Crippen LogP contribution in [-0.2, 0) is 11.8 Å². The second-order valence-electron chi connectivity index (χ2n) is 6.72. The summed E-state index contributed by atoms with van der Waals surface area (Å²) >= 11 is 0. The zero-order valence-electron chi connectivity index (χ0n) is 12.6. The van der Waals surface area contributed by atoms with Gasteiger partial charge < -0.3 is 5.32 Å². The van der Waals surface area contributed by atoms with E-state index < -0.39 is 0 Å². The van der Waals surface area contributed by atoms with Crippen molar-refractivity contribution in [3.63, 3.8) is 0 Å². The van der Waals surface area contributed by atoms with Gasteiger partial charge in [0.2, 0.25) is 0 Å². The lowest BCUT2D eigenvalue weighted by Crippen LogP contribution is -2.56. The first kappa shape index (κ1) is 13.0. The minimum absolute atomic E-state index is 0.287. The average Bonchev–Trinajstić information content (AvgIpc) is 2.51. The summed E-state index contributed by atoms with van der Waals surface area (Å²) in [5, 5.41) is 3.69. The predicted molar refractivity (Wildman–Crippen MR) is 84.1 cm³/mol. The molecule has 3 atom stereocenters. The summed E-state index contributed by atoms with van der Waals surface area (Å²) in [4.78, 5) is 8.29. The number of fused-ring (bicyclic) bond motifs is 4. The molecule has 2 heterocycles. The molecule has 0 radical (unpaired) electrons. The molecule has 0 unspecified atom stereocenters. The summed E-state index contributed by atoms with van der Waals surface area (Å²) in [5.41, 5.74) is 5.67. The Balaban J connectivity index is 1.85. The number of nitrogens with one attached hydrogen (secondary N) is 1. The first-order valence-electron chi connectivity index (χ1n) is 7.81. The summed E-state index contributed by atoms with van der Waals surface area (Å²) in [6.45, 7) is 5.97. The number of hydrogen-bond acceptors (Lipinski definition) is 3. The molecular formula is C18H21N3. The maximum Gasteiger partial charge on any atom is 0.115 e. The summed E-state index contributed by atoms with van der Waals surface area (Å²) in [5.74, 6) is 0.682. The van der Waals surface area contributed by atoms with Crippen molar-refractivity contribution in [2.75, 3.05) is 6.54 Å². The van der Waals surface area contributed by atoms with E-state index in [1.807, 2.05) is 12.4 Å². The maximum absolute atomic E-state index is 4.15. The van der Waals surface area contributed by atoms with E-state index in [9.17, 15) is 0 Å². The molecule has 1 aromatic carbocycles. The van der Waals surface area contributed by atoms with Crippen molar-refractivity contribution in [2.45, 2.75) is 38.1 Å². The average molecular weight is 279 g/mol. The monoisotopic (exact) mass is 279 g/mol. The molecule has 108 valence electrons. The second-order valence-corrected chi connectivity index (χ2v) is 6.72. The Bertz CT molecular complexity index is 667. The molecule has 1 aliphatic heterocycles. The molecule has 1 saturated heterocycles. The van der Waals surface area contributed by atoms with Gasteiger partial charge in [-0.3, -0.25) is 0 Å². The summed E-state index contributed by atoms with van der Waals surface area (Å²) in [6.07, 6.45) is 7.75. The molecule has 0 amide bonds. The highest BCUT2D eigenvalue weighted by Crippen LogP contribution is 2.46. The van der Waals surface area contributed by atoms with Crippen LogP contribution in [0.4, 0.5) is 0 Å². The van der Waals surface area contributed by atoms with Crippen LogP contribution in [0.3, 0.4) is 0 Å². The smallest absolute Gasteiger partial charge is 0.115 e. The molecule has 3 heteroatoms. The van der Waals surface area contributed by atoms with Crippen LogP contribution >= 0.6 is 0 Å². The van der Waals surface area contributed by atoms with E-state index in [0.29, 0.717) is 12.0 Å². The molecule has 4 rings (SSSR count). The summed E-state index contributed by atoms with van der Waals surface area (Å²) < 4.78 is 0. The Morgan fingerprint density at radius 2 is 2.00 bits per heavy atom. The first-order chi connectivity index (χ1) is 10.2. The van der Waals surface area contributed by atoms with Gasteiger partial charge in [-0.2, -0.15) is 0 Å². The lowest BCUT2D eigenvalue weighted by molar-refractivity contribution is 0.158. The van der Waals surface area contributed by atoms with Crippen molar-refractivity contribution in [1.29, 1.82) is 0 Å². The van der Waals surface area contributed by atoms with Crippen LogP contribution in [0, 0.1) is 5.92 Å². The topological polar surface area (TPSA) is 37.8 Å². The molecule has 0 spiro atoms. The first-order valence-corrected chi connectivity index (χ1v) is 7.81. The van der Waals surface area contributed by atoms with Gasteiger partial charge in [0.1, 0.15) is 6.33 Å². The fraction of sp³-hybridized carbons (Fsp3) is 0.444. The van der Waals surface area contributed by atoms with Crippen LogP contribution in [0.2, 0.25) is 0 Å². The fourth-order valence-corrected chi connectivity index (χ4v) is 4.15. The van der Waals surface area contributed by atoms with Crippen molar-refractivity contribution in [3.05, 3.63) is 48.0 Å². The van der Waals surface area contributed by atoms with E-state index in [-0.39, 0.29) is 5.41 Å². The number of aromatic nitrogens is 2. The number of hydrogen-bond donors (Lipinski definition) is 1.